The highest BCUT2D eigenvalue weighted by Crippen LogP contribution is 2.32. The number of sulfonamides is 1. The van der Waals surface area contributed by atoms with Crippen molar-refractivity contribution in [3.05, 3.63) is 28.2 Å². The fourth-order valence-electron chi connectivity index (χ4n) is 2.97. The molecule has 1 aromatic carbocycles. The number of carbonyl (C=O) groups is 1. The number of rotatable bonds is 8. The Morgan fingerprint density at radius 3 is 2.59 bits per heavy atom. The number of anilines is 1. The maximum Gasteiger partial charge on any atom is 0.243 e. The lowest BCUT2D eigenvalue weighted by Crippen LogP contribution is -2.51. The summed E-state index contributed by atoms with van der Waals surface area (Å²) in [6.45, 7) is 5.87. The summed E-state index contributed by atoms with van der Waals surface area (Å²) in [4.78, 5) is 14.9. The summed E-state index contributed by atoms with van der Waals surface area (Å²) in [5.74, 6) is -0.368. The van der Waals surface area contributed by atoms with E-state index >= 15 is 0 Å². The van der Waals surface area contributed by atoms with Crippen LogP contribution >= 0.6 is 23.2 Å². The third-order valence-electron chi connectivity index (χ3n) is 4.31. The molecule has 7 nitrogen and oxygen atoms in total. The number of nitrogens with one attached hydrogen (secondary N) is 1. The molecular formula is C17H25Cl2N3O4S. The van der Waals surface area contributed by atoms with Crippen LogP contribution in [0.2, 0.25) is 10.0 Å². The predicted octanol–water partition coefficient (Wildman–Crippen LogP) is 1.99. The molecule has 0 radical (unpaired) electrons. The largest absolute Gasteiger partial charge is 0.379 e. The first-order chi connectivity index (χ1) is 12.7. The van der Waals surface area contributed by atoms with Gasteiger partial charge in [-0.1, -0.05) is 30.1 Å². The molecule has 1 heterocycles. The highest BCUT2D eigenvalue weighted by atomic mass is 35.5. The monoisotopic (exact) mass is 437 g/mol. The SMILES string of the molecule is CC[C@H](C(=O)NCCN1CCOCC1)N(c1cc(Cl)ccc1Cl)S(C)(=O)=O. The summed E-state index contributed by atoms with van der Waals surface area (Å²) < 4.78 is 31.2. The third-order valence-corrected chi connectivity index (χ3v) is 6.03. The lowest BCUT2D eigenvalue weighted by molar-refractivity contribution is -0.122. The molecule has 10 heteroatoms. The second kappa shape index (κ2) is 9.93. The number of hydrogen-bond acceptors (Lipinski definition) is 5. The van der Waals surface area contributed by atoms with Crippen LogP contribution in [0.1, 0.15) is 13.3 Å². The van der Waals surface area contributed by atoms with Crippen LogP contribution in [-0.2, 0) is 19.6 Å². The zero-order valence-electron chi connectivity index (χ0n) is 15.5. The van der Waals surface area contributed by atoms with Crippen molar-refractivity contribution in [3.8, 4) is 0 Å². The normalized spacial score (nSPS) is 16.7. The van der Waals surface area contributed by atoms with Crippen LogP contribution in [0.4, 0.5) is 5.69 Å². The van der Waals surface area contributed by atoms with E-state index in [1.165, 1.54) is 12.1 Å². The highest BCUT2D eigenvalue weighted by molar-refractivity contribution is 7.92. The van der Waals surface area contributed by atoms with Crippen LogP contribution in [0.25, 0.3) is 0 Å². The van der Waals surface area contributed by atoms with Gasteiger partial charge < -0.3 is 10.1 Å². The van der Waals surface area contributed by atoms with E-state index in [1.807, 2.05) is 0 Å². The van der Waals surface area contributed by atoms with Crippen molar-refractivity contribution in [3.63, 3.8) is 0 Å². The topological polar surface area (TPSA) is 79.0 Å². The van der Waals surface area contributed by atoms with Crippen molar-refractivity contribution in [1.82, 2.24) is 10.2 Å². The first-order valence-corrected chi connectivity index (χ1v) is 11.4. The molecule has 1 N–H and O–H groups in total. The maximum absolute atomic E-state index is 12.7. The lowest BCUT2D eigenvalue weighted by atomic mass is 10.2. The molecule has 1 amide bonds. The molecule has 1 aliphatic rings. The Morgan fingerprint density at radius 2 is 2.00 bits per heavy atom. The Labute approximate surface area is 170 Å². The molecule has 0 aromatic heterocycles. The van der Waals surface area contributed by atoms with E-state index in [9.17, 15) is 13.2 Å². The van der Waals surface area contributed by atoms with Gasteiger partial charge in [-0.05, 0) is 24.6 Å². The first-order valence-electron chi connectivity index (χ1n) is 8.76. The van der Waals surface area contributed by atoms with Crippen molar-refractivity contribution >= 4 is 44.8 Å². The molecule has 1 aliphatic heterocycles. The number of carbonyl (C=O) groups excluding carboxylic acids is 1. The summed E-state index contributed by atoms with van der Waals surface area (Å²) in [5, 5.41) is 3.38. The fourth-order valence-corrected chi connectivity index (χ4v) is 4.61. The van der Waals surface area contributed by atoms with Gasteiger partial charge in [-0.3, -0.25) is 14.0 Å². The van der Waals surface area contributed by atoms with E-state index < -0.39 is 16.1 Å². The Morgan fingerprint density at radius 1 is 1.33 bits per heavy atom. The number of nitrogens with zero attached hydrogens (tertiary/aromatic N) is 2. The summed E-state index contributed by atoms with van der Waals surface area (Å²) in [5.41, 5.74) is 0.196. The summed E-state index contributed by atoms with van der Waals surface area (Å²) in [7, 11) is -3.76. The van der Waals surface area contributed by atoms with Gasteiger partial charge in [0.25, 0.3) is 0 Å². The van der Waals surface area contributed by atoms with E-state index in [1.54, 1.807) is 13.0 Å². The second-order valence-corrected chi connectivity index (χ2v) is 9.03. The van der Waals surface area contributed by atoms with Crippen LogP contribution in [-0.4, -0.2) is 70.9 Å². The molecule has 152 valence electrons. The zero-order chi connectivity index (χ0) is 20.0. The minimum absolute atomic E-state index is 0.196. The quantitative estimate of drug-likeness (QED) is 0.672. The molecule has 1 aromatic rings. The Balaban J connectivity index is 2.14. The Bertz CT molecular complexity index is 755. The molecule has 0 unspecified atom stereocenters. The molecule has 0 aliphatic carbocycles. The number of halogens is 2. The van der Waals surface area contributed by atoms with Gasteiger partial charge in [0.05, 0.1) is 30.2 Å². The smallest absolute Gasteiger partial charge is 0.243 e. The number of benzene rings is 1. The maximum atomic E-state index is 12.7. The van der Waals surface area contributed by atoms with E-state index in [2.05, 4.69) is 10.2 Å². The van der Waals surface area contributed by atoms with E-state index in [0.717, 1.165) is 23.7 Å². The molecule has 0 bridgehead atoms. The minimum atomic E-state index is -3.76. The molecular weight excluding hydrogens is 413 g/mol. The van der Waals surface area contributed by atoms with Crippen LogP contribution in [0, 0.1) is 0 Å². The molecule has 2 rings (SSSR count). The molecule has 1 saturated heterocycles. The van der Waals surface area contributed by atoms with E-state index in [0.29, 0.717) is 37.7 Å². The third kappa shape index (κ3) is 6.22. The van der Waals surface area contributed by atoms with Gasteiger partial charge in [0.2, 0.25) is 15.9 Å². The average molecular weight is 438 g/mol. The number of morpholine rings is 1. The van der Waals surface area contributed by atoms with Crippen LogP contribution in [0.3, 0.4) is 0 Å². The van der Waals surface area contributed by atoms with Crippen molar-refractivity contribution in [1.29, 1.82) is 0 Å². The standard InChI is InChI=1S/C17H25Cl2N3O4S/c1-3-15(17(23)20-6-7-21-8-10-26-11-9-21)22(27(2,24)25)16-12-13(18)4-5-14(16)19/h4-5,12,15H,3,6-11H2,1-2H3,(H,20,23)/t15-/m1/s1. The Hall–Kier alpha value is -1.06. The van der Waals surface area contributed by atoms with Crippen LogP contribution in [0.15, 0.2) is 18.2 Å². The van der Waals surface area contributed by atoms with Crippen molar-refractivity contribution in [2.24, 2.45) is 0 Å². The van der Waals surface area contributed by atoms with Crippen molar-refractivity contribution in [2.75, 3.05) is 50.0 Å². The highest BCUT2D eigenvalue weighted by Gasteiger charge is 2.32. The fraction of sp³-hybridized carbons (Fsp3) is 0.588. The van der Waals surface area contributed by atoms with Crippen LogP contribution < -0.4 is 9.62 Å². The molecule has 1 atom stereocenters. The summed E-state index contributed by atoms with van der Waals surface area (Å²) in [6.07, 6.45) is 1.34. The van der Waals surface area contributed by atoms with E-state index in [-0.39, 0.29) is 16.6 Å². The van der Waals surface area contributed by atoms with Crippen LogP contribution in [0.5, 0.6) is 0 Å². The summed E-state index contributed by atoms with van der Waals surface area (Å²) >= 11 is 12.2. The van der Waals surface area contributed by atoms with Gasteiger partial charge in [0, 0.05) is 31.2 Å². The minimum Gasteiger partial charge on any atom is -0.379 e. The summed E-state index contributed by atoms with van der Waals surface area (Å²) in [6, 6.07) is 3.62. The van der Waals surface area contributed by atoms with Gasteiger partial charge >= 0.3 is 0 Å². The zero-order valence-corrected chi connectivity index (χ0v) is 17.8. The Kier molecular flexibility index (Phi) is 8.18. The molecule has 0 spiro atoms. The van der Waals surface area contributed by atoms with Crippen molar-refractivity contribution in [2.45, 2.75) is 19.4 Å². The van der Waals surface area contributed by atoms with E-state index in [4.69, 9.17) is 27.9 Å². The number of ether oxygens (including phenoxy) is 1. The number of hydrogen-bond donors (Lipinski definition) is 1. The van der Waals surface area contributed by atoms with Gasteiger partial charge in [-0.2, -0.15) is 0 Å². The molecule has 27 heavy (non-hydrogen) atoms. The lowest BCUT2D eigenvalue weighted by Gasteiger charge is -2.31. The first kappa shape index (κ1) is 22.2. The predicted molar refractivity (Wildman–Crippen MR) is 108 cm³/mol. The van der Waals surface area contributed by atoms with Gasteiger partial charge in [-0.25, -0.2) is 8.42 Å². The van der Waals surface area contributed by atoms with Gasteiger partial charge in [-0.15, -0.1) is 0 Å². The van der Waals surface area contributed by atoms with Crippen molar-refractivity contribution < 1.29 is 17.9 Å². The van der Waals surface area contributed by atoms with Gasteiger partial charge in [0.1, 0.15) is 6.04 Å². The van der Waals surface area contributed by atoms with Gasteiger partial charge in [0.15, 0.2) is 0 Å². The second-order valence-electron chi connectivity index (χ2n) is 6.32. The molecule has 1 fully saturated rings. The number of amides is 1. The molecule has 0 saturated carbocycles. The average Bonchev–Trinajstić information content (AvgIpc) is 2.61.